The highest BCUT2D eigenvalue weighted by atomic mass is 16.1. The average Bonchev–Trinajstić information content (AvgIpc) is 2.68. The van der Waals surface area contributed by atoms with E-state index in [1.807, 2.05) is 78.9 Å². The third kappa shape index (κ3) is 3.36. The molecule has 3 rings (SSSR count). The van der Waals surface area contributed by atoms with Gasteiger partial charge in [-0.3, -0.25) is 0 Å². The van der Waals surface area contributed by atoms with Crippen LogP contribution >= 0.6 is 0 Å². The molecule has 0 radical (unpaired) electrons. The summed E-state index contributed by atoms with van der Waals surface area (Å²) in [6.45, 7) is 0. The van der Waals surface area contributed by atoms with E-state index in [9.17, 15) is 4.79 Å². The van der Waals surface area contributed by atoms with Crippen LogP contribution in [0.25, 0.3) is 6.08 Å². The highest BCUT2D eigenvalue weighted by molar-refractivity contribution is 5.75. The number of carbonyl (C=O) groups is 1. The largest absolute Gasteiger partial charge is 0.302 e. The Bertz CT molecular complexity index is 750. The molecule has 0 bridgehead atoms. The molecule has 1 nitrogen and oxygen atoms in total. The van der Waals surface area contributed by atoms with Crippen LogP contribution in [-0.4, -0.2) is 6.29 Å². The maximum Gasteiger partial charge on any atom is 0.135 e. The second kappa shape index (κ2) is 7.56. The van der Waals surface area contributed by atoms with Gasteiger partial charge in [0.1, 0.15) is 6.29 Å². The molecule has 0 saturated carbocycles. The quantitative estimate of drug-likeness (QED) is 0.566. The maximum absolute atomic E-state index is 12.2. The molecule has 0 saturated heterocycles. The second-order valence-corrected chi connectivity index (χ2v) is 5.84. The minimum atomic E-state index is -0.659. The highest BCUT2D eigenvalue weighted by Crippen LogP contribution is 2.34. The summed E-state index contributed by atoms with van der Waals surface area (Å²) < 4.78 is 0. The summed E-state index contributed by atoms with van der Waals surface area (Å²) in [5.74, 6) is 0. The Kier molecular flexibility index (Phi) is 5.02. The van der Waals surface area contributed by atoms with E-state index in [0.717, 1.165) is 23.0 Å². The molecule has 0 aliphatic rings. The first kappa shape index (κ1) is 15.9. The van der Waals surface area contributed by atoms with E-state index in [-0.39, 0.29) is 0 Å². The molecule has 0 heterocycles. The fourth-order valence-electron chi connectivity index (χ4n) is 3.00. The van der Waals surface area contributed by atoms with E-state index in [0.29, 0.717) is 6.42 Å². The maximum atomic E-state index is 12.2. The molecule has 0 N–H and O–H groups in total. The summed E-state index contributed by atoms with van der Waals surface area (Å²) in [5, 5.41) is 0. The second-order valence-electron chi connectivity index (χ2n) is 5.84. The lowest BCUT2D eigenvalue weighted by Gasteiger charge is -2.28. The summed E-state index contributed by atoms with van der Waals surface area (Å²) in [6.07, 6.45) is 5.86. The van der Waals surface area contributed by atoms with Crippen molar-refractivity contribution in [2.24, 2.45) is 0 Å². The van der Waals surface area contributed by atoms with Gasteiger partial charge in [-0.25, -0.2) is 0 Å². The van der Waals surface area contributed by atoms with Crippen LogP contribution in [-0.2, 0) is 10.2 Å². The van der Waals surface area contributed by atoms with Gasteiger partial charge in [0.15, 0.2) is 0 Å². The van der Waals surface area contributed by atoms with Crippen molar-refractivity contribution in [2.45, 2.75) is 11.8 Å². The Morgan fingerprint density at radius 1 is 0.667 bits per heavy atom. The fourth-order valence-corrected chi connectivity index (χ4v) is 3.00. The van der Waals surface area contributed by atoms with E-state index in [4.69, 9.17) is 0 Å². The molecule has 1 heteroatoms. The van der Waals surface area contributed by atoms with Gasteiger partial charge in [-0.15, -0.1) is 0 Å². The van der Waals surface area contributed by atoms with Crippen LogP contribution in [0, 0.1) is 0 Å². The lowest BCUT2D eigenvalue weighted by atomic mass is 9.73. The van der Waals surface area contributed by atoms with Crippen LogP contribution in [0.5, 0.6) is 0 Å². The number of rotatable bonds is 6. The van der Waals surface area contributed by atoms with E-state index in [2.05, 4.69) is 24.3 Å². The fraction of sp³-hybridized carbons (Fsp3) is 0.0870. The minimum Gasteiger partial charge on any atom is -0.302 e. The van der Waals surface area contributed by atoms with Crippen LogP contribution in [0.1, 0.15) is 23.1 Å². The molecule has 3 aromatic rings. The van der Waals surface area contributed by atoms with Gasteiger partial charge in [0.25, 0.3) is 0 Å². The minimum absolute atomic E-state index is 0.624. The number of benzene rings is 3. The summed E-state index contributed by atoms with van der Waals surface area (Å²) >= 11 is 0. The molecule has 0 aliphatic heterocycles. The van der Waals surface area contributed by atoms with Crippen LogP contribution in [0.3, 0.4) is 0 Å². The predicted molar refractivity (Wildman–Crippen MR) is 99.8 cm³/mol. The van der Waals surface area contributed by atoms with Crippen molar-refractivity contribution in [1.29, 1.82) is 0 Å². The van der Waals surface area contributed by atoms with Crippen molar-refractivity contribution in [3.05, 3.63) is 114 Å². The summed E-state index contributed by atoms with van der Waals surface area (Å²) in [5.41, 5.74) is 2.51. The van der Waals surface area contributed by atoms with Crippen LogP contribution < -0.4 is 0 Å². The Hall–Kier alpha value is -2.93. The van der Waals surface area contributed by atoms with Gasteiger partial charge >= 0.3 is 0 Å². The van der Waals surface area contributed by atoms with Crippen molar-refractivity contribution in [3.8, 4) is 0 Å². The van der Waals surface area contributed by atoms with Crippen LogP contribution in [0.2, 0.25) is 0 Å². The van der Waals surface area contributed by atoms with Gasteiger partial charge in [-0.1, -0.05) is 103 Å². The topological polar surface area (TPSA) is 17.1 Å². The van der Waals surface area contributed by atoms with E-state index >= 15 is 0 Å². The number of allylic oxidation sites excluding steroid dienone is 1. The van der Waals surface area contributed by atoms with Gasteiger partial charge in [0.05, 0.1) is 5.41 Å². The molecule has 0 unspecified atom stereocenters. The van der Waals surface area contributed by atoms with E-state index < -0.39 is 5.41 Å². The van der Waals surface area contributed by atoms with Gasteiger partial charge in [0.2, 0.25) is 0 Å². The summed E-state index contributed by atoms with van der Waals surface area (Å²) in [4.78, 5) is 12.2. The first-order chi connectivity index (χ1) is 11.8. The zero-order chi connectivity index (χ0) is 16.7. The molecular formula is C23H20O. The zero-order valence-corrected chi connectivity index (χ0v) is 13.5. The summed E-state index contributed by atoms with van der Waals surface area (Å²) in [7, 11) is 0. The monoisotopic (exact) mass is 312 g/mol. The van der Waals surface area contributed by atoms with E-state index in [1.165, 1.54) is 0 Å². The number of carbonyl (C=O) groups excluding carboxylic acids is 1. The molecule has 0 spiro atoms. The van der Waals surface area contributed by atoms with Gasteiger partial charge in [0, 0.05) is 0 Å². The molecule has 0 amide bonds. The van der Waals surface area contributed by atoms with Gasteiger partial charge < -0.3 is 4.79 Å². The first-order valence-electron chi connectivity index (χ1n) is 8.14. The predicted octanol–water partition coefficient (Wildman–Crippen LogP) is 5.28. The van der Waals surface area contributed by atoms with Crippen molar-refractivity contribution in [2.75, 3.05) is 0 Å². The molecule has 0 aromatic heterocycles. The molecule has 24 heavy (non-hydrogen) atoms. The van der Waals surface area contributed by atoms with Crippen LogP contribution in [0.15, 0.2) is 97.1 Å². The number of hydrogen-bond donors (Lipinski definition) is 0. The average molecular weight is 312 g/mol. The Labute approximate surface area is 143 Å². The Morgan fingerprint density at radius 3 is 1.58 bits per heavy atom. The molecule has 118 valence electrons. The molecule has 0 atom stereocenters. The Balaban J connectivity index is 1.99. The smallest absolute Gasteiger partial charge is 0.135 e. The molecule has 3 aromatic carbocycles. The SMILES string of the molecule is O=CC(C/C=C/c1ccccc1)(c1ccccc1)c1ccccc1. The van der Waals surface area contributed by atoms with Gasteiger partial charge in [-0.05, 0) is 23.1 Å². The van der Waals surface area contributed by atoms with Crippen molar-refractivity contribution in [1.82, 2.24) is 0 Å². The van der Waals surface area contributed by atoms with Crippen LogP contribution in [0.4, 0.5) is 0 Å². The Morgan fingerprint density at radius 2 is 1.12 bits per heavy atom. The highest BCUT2D eigenvalue weighted by Gasteiger charge is 2.32. The van der Waals surface area contributed by atoms with Crippen molar-refractivity contribution >= 4 is 12.4 Å². The lowest BCUT2D eigenvalue weighted by molar-refractivity contribution is -0.111. The van der Waals surface area contributed by atoms with Gasteiger partial charge in [-0.2, -0.15) is 0 Å². The number of hydrogen-bond acceptors (Lipinski definition) is 1. The normalized spacial score (nSPS) is 11.5. The molecular weight excluding hydrogens is 292 g/mol. The van der Waals surface area contributed by atoms with E-state index in [1.54, 1.807) is 0 Å². The lowest BCUT2D eigenvalue weighted by Crippen LogP contribution is -2.29. The zero-order valence-electron chi connectivity index (χ0n) is 13.5. The summed E-state index contributed by atoms with van der Waals surface area (Å²) in [6, 6.07) is 30.1. The standard InChI is InChI=1S/C23H20O/c24-19-23(21-14-6-2-7-15-21,22-16-8-3-9-17-22)18-10-13-20-11-4-1-5-12-20/h1-17,19H,18H2/b13-10+. The first-order valence-corrected chi connectivity index (χ1v) is 8.14. The molecule has 0 aliphatic carbocycles. The van der Waals surface area contributed by atoms with Crippen molar-refractivity contribution < 1.29 is 4.79 Å². The third-order valence-electron chi connectivity index (χ3n) is 4.33. The third-order valence-corrected chi connectivity index (χ3v) is 4.33. The van der Waals surface area contributed by atoms with Crippen molar-refractivity contribution in [3.63, 3.8) is 0 Å². The molecule has 0 fully saturated rings. The number of aldehydes is 1.